The molecule has 26 heavy (non-hydrogen) atoms. The number of anilines is 1. The Morgan fingerprint density at radius 3 is 2.15 bits per heavy atom. The van der Waals surface area contributed by atoms with Crippen LogP contribution in [0.25, 0.3) is 6.08 Å². The zero-order chi connectivity index (χ0) is 19.4. The fourth-order valence-electron chi connectivity index (χ4n) is 2.52. The van der Waals surface area contributed by atoms with Gasteiger partial charge in [-0.25, -0.2) is 16.8 Å². The predicted molar refractivity (Wildman–Crippen MR) is 102 cm³/mol. The molecular formula is C16H23N3O5S2. The minimum absolute atomic E-state index is 0.0605. The molecule has 0 radical (unpaired) electrons. The van der Waals surface area contributed by atoms with Gasteiger partial charge in [-0.1, -0.05) is 12.1 Å². The van der Waals surface area contributed by atoms with Gasteiger partial charge in [-0.2, -0.15) is 4.31 Å². The SMILES string of the molecule is CCS(=O)(=O)N1CCN(C(=O)/C=C/c2ccc(NS(C)(=O)=O)cc2)CC1. The average Bonchev–Trinajstić information content (AvgIpc) is 2.59. The van der Waals surface area contributed by atoms with Crippen LogP contribution in [0.3, 0.4) is 0 Å². The summed E-state index contributed by atoms with van der Waals surface area (Å²) in [4.78, 5) is 13.8. The van der Waals surface area contributed by atoms with Gasteiger partial charge in [0.1, 0.15) is 0 Å². The maximum atomic E-state index is 12.2. The molecule has 1 saturated heterocycles. The van der Waals surface area contributed by atoms with E-state index >= 15 is 0 Å². The van der Waals surface area contributed by atoms with Gasteiger partial charge in [-0.05, 0) is 30.7 Å². The summed E-state index contributed by atoms with van der Waals surface area (Å²) in [6.07, 6.45) is 4.15. The molecule has 0 saturated carbocycles. The van der Waals surface area contributed by atoms with Gasteiger partial charge < -0.3 is 4.90 Å². The number of carbonyl (C=O) groups is 1. The number of rotatable bonds is 6. The van der Waals surface area contributed by atoms with Crippen LogP contribution in [0.1, 0.15) is 12.5 Å². The van der Waals surface area contributed by atoms with Crippen molar-refractivity contribution >= 4 is 37.7 Å². The molecule has 1 aliphatic heterocycles. The summed E-state index contributed by atoms with van der Waals surface area (Å²) < 4.78 is 49.7. The van der Waals surface area contributed by atoms with Crippen LogP contribution in [0.5, 0.6) is 0 Å². The van der Waals surface area contributed by atoms with E-state index in [1.807, 2.05) is 0 Å². The standard InChI is InChI=1S/C16H23N3O5S2/c1-3-26(23,24)19-12-10-18(11-13-19)16(20)9-6-14-4-7-15(8-5-14)17-25(2,21)22/h4-9,17H,3,10-13H2,1-2H3/b9-6+. The van der Waals surface area contributed by atoms with E-state index < -0.39 is 20.0 Å². The first-order valence-corrected chi connectivity index (χ1v) is 11.6. The van der Waals surface area contributed by atoms with Gasteiger partial charge in [0.05, 0.1) is 12.0 Å². The predicted octanol–water partition coefficient (Wildman–Crippen LogP) is 0.565. The first-order chi connectivity index (χ1) is 12.1. The summed E-state index contributed by atoms with van der Waals surface area (Å²) in [6.45, 7) is 2.94. The molecule has 1 fully saturated rings. The van der Waals surface area contributed by atoms with Crippen molar-refractivity contribution in [1.82, 2.24) is 9.21 Å². The monoisotopic (exact) mass is 401 g/mol. The molecule has 8 nitrogen and oxygen atoms in total. The summed E-state index contributed by atoms with van der Waals surface area (Å²) in [6, 6.07) is 6.62. The zero-order valence-electron chi connectivity index (χ0n) is 14.8. The lowest BCUT2D eigenvalue weighted by molar-refractivity contribution is -0.127. The number of amides is 1. The molecular weight excluding hydrogens is 378 g/mol. The van der Waals surface area contributed by atoms with E-state index in [4.69, 9.17) is 0 Å². The van der Waals surface area contributed by atoms with Crippen molar-refractivity contribution in [3.05, 3.63) is 35.9 Å². The highest BCUT2D eigenvalue weighted by Crippen LogP contribution is 2.13. The smallest absolute Gasteiger partial charge is 0.246 e. The van der Waals surface area contributed by atoms with E-state index in [1.54, 1.807) is 42.2 Å². The first kappa shape index (κ1) is 20.4. The maximum Gasteiger partial charge on any atom is 0.246 e. The van der Waals surface area contributed by atoms with Crippen molar-refractivity contribution in [2.24, 2.45) is 0 Å². The van der Waals surface area contributed by atoms with Crippen molar-refractivity contribution in [3.63, 3.8) is 0 Å². The number of benzene rings is 1. The Labute approximate surface area is 154 Å². The molecule has 0 bridgehead atoms. The molecule has 0 unspecified atom stereocenters. The van der Waals surface area contributed by atoms with Gasteiger partial charge in [0.25, 0.3) is 0 Å². The van der Waals surface area contributed by atoms with E-state index in [0.717, 1.165) is 11.8 Å². The summed E-state index contributed by atoms with van der Waals surface area (Å²) in [5.74, 6) is -0.123. The highest BCUT2D eigenvalue weighted by Gasteiger charge is 2.26. The molecule has 2 rings (SSSR count). The van der Waals surface area contributed by atoms with E-state index in [1.165, 1.54) is 10.4 Å². The van der Waals surface area contributed by atoms with Crippen molar-refractivity contribution in [2.45, 2.75) is 6.92 Å². The molecule has 10 heteroatoms. The topological polar surface area (TPSA) is 104 Å². The lowest BCUT2D eigenvalue weighted by atomic mass is 10.2. The second-order valence-corrected chi connectivity index (χ2v) is 9.96. The Morgan fingerprint density at radius 1 is 1.08 bits per heavy atom. The fourth-order valence-corrected chi connectivity index (χ4v) is 4.17. The van der Waals surface area contributed by atoms with Gasteiger partial charge in [0.15, 0.2) is 0 Å². The third-order valence-electron chi connectivity index (χ3n) is 3.94. The quantitative estimate of drug-likeness (QED) is 0.702. The lowest BCUT2D eigenvalue weighted by Crippen LogP contribution is -2.50. The van der Waals surface area contributed by atoms with Crippen LogP contribution >= 0.6 is 0 Å². The van der Waals surface area contributed by atoms with Crippen LogP contribution < -0.4 is 4.72 Å². The Kier molecular flexibility index (Phi) is 6.43. The number of nitrogens with one attached hydrogen (secondary N) is 1. The van der Waals surface area contributed by atoms with Crippen LogP contribution in [-0.2, 0) is 24.8 Å². The second kappa shape index (κ2) is 8.19. The van der Waals surface area contributed by atoms with Gasteiger partial charge in [0, 0.05) is 37.9 Å². The van der Waals surface area contributed by atoms with Crippen molar-refractivity contribution in [2.75, 3.05) is 42.9 Å². The Morgan fingerprint density at radius 2 is 1.65 bits per heavy atom. The van der Waals surface area contributed by atoms with Crippen LogP contribution in [-0.4, -0.2) is 70.1 Å². The summed E-state index contributed by atoms with van der Waals surface area (Å²) in [7, 11) is -6.54. The van der Waals surface area contributed by atoms with Crippen LogP contribution in [0.15, 0.2) is 30.3 Å². The van der Waals surface area contributed by atoms with Crippen molar-refractivity contribution < 1.29 is 21.6 Å². The Bertz CT molecular complexity index is 869. The van der Waals surface area contributed by atoms with Crippen LogP contribution in [0.4, 0.5) is 5.69 Å². The third-order valence-corrected chi connectivity index (χ3v) is 6.43. The highest BCUT2D eigenvalue weighted by atomic mass is 32.2. The molecule has 1 N–H and O–H groups in total. The number of sulfonamides is 2. The van der Waals surface area contributed by atoms with E-state index in [9.17, 15) is 21.6 Å². The Hall–Kier alpha value is -1.91. The van der Waals surface area contributed by atoms with Crippen LogP contribution in [0, 0.1) is 0 Å². The number of carbonyl (C=O) groups excluding carboxylic acids is 1. The number of nitrogens with zero attached hydrogens (tertiary/aromatic N) is 2. The number of hydrogen-bond donors (Lipinski definition) is 1. The largest absolute Gasteiger partial charge is 0.337 e. The molecule has 0 aromatic heterocycles. The molecule has 1 amide bonds. The minimum Gasteiger partial charge on any atom is -0.337 e. The number of piperazine rings is 1. The van der Waals surface area contributed by atoms with Crippen molar-refractivity contribution in [1.29, 1.82) is 0 Å². The molecule has 144 valence electrons. The third kappa shape index (κ3) is 5.82. The highest BCUT2D eigenvalue weighted by molar-refractivity contribution is 7.92. The Balaban J connectivity index is 1.92. The van der Waals surface area contributed by atoms with E-state index in [-0.39, 0.29) is 11.7 Å². The first-order valence-electron chi connectivity index (χ1n) is 8.13. The molecule has 1 aromatic carbocycles. The molecule has 1 aromatic rings. The number of hydrogen-bond acceptors (Lipinski definition) is 5. The normalized spacial score (nSPS) is 16.8. The van der Waals surface area contributed by atoms with E-state index in [0.29, 0.717) is 31.9 Å². The van der Waals surface area contributed by atoms with E-state index in [2.05, 4.69) is 4.72 Å². The summed E-state index contributed by atoms with van der Waals surface area (Å²) >= 11 is 0. The van der Waals surface area contributed by atoms with Gasteiger partial charge in [0.2, 0.25) is 26.0 Å². The molecule has 1 aliphatic rings. The van der Waals surface area contributed by atoms with Gasteiger partial charge in [-0.3, -0.25) is 9.52 Å². The summed E-state index contributed by atoms with van der Waals surface area (Å²) in [5, 5.41) is 0. The van der Waals surface area contributed by atoms with Gasteiger partial charge >= 0.3 is 0 Å². The van der Waals surface area contributed by atoms with Crippen molar-refractivity contribution in [3.8, 4) is 0 Å². The molecule has 1 heterocycles. The molecule has 0 spiro atoms. The van der Waals surface area contributed by atoms with Crippen LogP contribution in [0.2, 0.25) is 0 Å². The minimum atomic E-state index is -3.32. The lowest BCUT2D eigenvalue weighted by Gasteiger charge is -2.33. The molecule has 0 atom stereocenters. The van der Waals surface area contributed by atoms with Gasteiger partial charge in [-0.15, -0.1) is 0 Å². The summed E-state index contributed by atoms with van der Waals surface area (Å²) in [5.41, 5.74) is 1.20. The molecule has 0 aliphatic carbocycles. The second-order valence-electron chi connectivity index (χ2n) is 5.95. The maximum absolute atomic E-state index is 12.2. The zero-order valence-corrected chi connectivity index (χ0v) is 16.4. The average molecular weight is 402 g/mol. The fraction of sp³-hybridized carbons (Fsp3) is 0.438.